The molecule has 19 heteroatoms. The van der Waals surface area contributed by atoms with Crippen LogP contribution in [-0.4, -0.2) is 126 Å². The molecule has 112 heavy (non-hydrogen) atoms. The minimum atomic E-state index is -0.651. The van der Waals surface area contributed by atoms with E-state index >= 15 is 0 Å². The first-order valence-corrected chi connectivity index (χ1v) is 44.3. The standard InChI is InChI=1S/2C30H41ClN2O3.C23H37BrO3.C7H5ClN2.3CH4/c1-28-12-13-30(35,18-36-3)15-20(28)4-6-22-23-7-8-25(29(23,2)11-10-24(22)28)27(34)17-33-16-19-14-21(31)5-9-26(19)32-33;1-28-12-13-30(35,18-36-3)15-20(28)4-6-22-23-7-8-25(29(23,2)11-10-24(22)28)27(34)17-33-26-9-5-21(31)14-19(26)16-32-33;1-21-10-11-23(26,14-27-3)12-15(21)4-5-16-17-6-7-19(20(25)13-24)22(17,2)9-8-18(16)21;8-6-1-2-7-5(3-6)4-9-10-7;;;/h2*5,9,14,16,20,22-25,35H,4,6-8,10-13,15,17-18H2,1-3H3;15-19,26H,4-14H2,1-3H3;1-4H,(H,9,10);3*1H4/t2*20-,22-,23-,24-,25+,28-,29-,30+;15-,16-,17-,18-,19+,21-,22-,23+;;;;/m000..../s1. The maximum Gasteiger partial charge on any atom is 0.157 e. The van der Waals surface area contributed by atoms with Crippen molar-refractivity contribution in [3.8, 4) is 0 Å². The zero-order valence-electron chi connectivity index (χ0n) is 66.5. The predicted octanol–water partition coefficient (Wildman–Crippen LogP) is 21.7. The summed E-state index contributed by atoms with van der Waals surface area (Å²) in [5.41, 5.74) is 2.37. The van der Waals surface area contributed by atoms with Gasteiger partial charge in [0.2, 0.25) is 0 Å². The molecule has 0 spiro atoms. The number of hydrogen-bond acceptors (Lipinski definition) is 12. The van der Waals surface area contributed by atoms with Crippen LogP contribution in [0.5, 0.6) is 0 Å². The lowest BCUT2D eigenvalue weighted by molar-refractivity contribution is -0.164. The number of Topliss-reactive ketones (excluding diaryl/α,β-unsaturated/α-hetero) is 3. The number of rotatable bonds is 14. The van der Waals surface area contributed by atoms with Gasteiger partial charge in [-0.15, -0.1) is 0 Å². The Balaban J connectivity index is 0.000000146. The van der Waals surface area contributed by atoms with Gasteiger partial charge in [0.25, 0.3) is 0 Å². The van der Waals surface area contributed by atoms with Crippen LogP contribution in [0.15, 0.2) is 73.2 Å². The Labute approximate surface area is 692 Å². The Hall–Kier alpha value is -3.81. The van der Waals surface area contributed by atoms with Crippen LogP contribution in [0.4, 0.5) is 0 Å². The van der Waals surface area contributed by atoms with Gasteiger partial charge in [-0.05, 0) is 331 Å². The lowest BCUT2D eigenvalue weighted by Gasteiger charge is -2.62. The van der Waals surface area contributed by atoms with Gasteiger partial charge in [0.1, 0.15) is 12.3 Å². The SMILES string of the molecule is C.C.C.COC[C@@]1(O)CC[C@@]2(C)[C@@H](CC[C@@H]3[C@@H]2CC[C@]2(C)[C@@H](C(=O)CBr)CC[C@@H]32)C1.COC[C@@]1(O)CC[C@@]2(C)[C@@H](CC[C@@H]3[C@@H]2CC[C@]2(C)[C@@H](C(=O)Cn4cc5cc(Cl)ccc5n4)CC[C@@H]32)C1.COC[C@@]1(O)CC[C@@]2(C)[C@@H](CC[C@@H]3[C@@H]2CC[C@]2(C)[C@@H](C(=O)Cn4ncc5cc(Cl)ccc54)CC[C@@H]32)C1.Clc1ccc2[nH]ncc2c1. The van der Waals surface area contributed by atoms with Crippen LogP contribution in [0.2, 0.25) is 15.1 Å². The van der Waals surface area contributed by atoms with Gasteiger partial charge in [-0.25, -0.2) is 0 Å². The Kier molecular flexibility index (Phi) is 26.4. The first kappa shape index (κ1) is 87.5. The number of carbonyl (C=O) groups is 3. The number of H-pyrrole nitrogens is 1. The minimum Gasteiger partial charge on any atom is -0.387 e. The van der Waals surface area contributed by atoms with E-state index in [0.29, 0.717) is 123 Å². The number of aromatic amines is 1. The molecule has 12 aliphatic rings. The fraction of sp³-hybridized carbons (Fsp3) is 0.742. The molecule has 3 heterocycles. The third-order valence-corrected chi connectivity index (χ3v) is 35.4. The second-order valence-electron chi connectivity index (χ2n) is 39.2. The first-order chi connectivity index (χ1) is 51.9. The molecular formula is C93H136BrCl3N6O9. The van der Waals surface area contributed by atoms with Gasteiger partial charge in [-0.3, -0.25) is 28.8 Å². The second-order valence-corrected chi connectivity index (χ2v) is 41.1. The van der Waals surface area contributed by atoms with Crippen LogP contribution in [0, 0.1) is 121 Å². The van der Waals surface area contributed by atoms with Gasteiger partial charge in [0.15, 0.2) is 11.6 Å². The van der Waals surface area contributed by atoms with E-state index in [0.717, 1.165) is 157 Å². The molecule has 0 amide bonds. The predicted molar refractivity (Wildman–Crippen MR) is 456 cm³/mol. The van der Waals surface area contributed by atoms with E-state index in [1.54, 1.807) is 27.5 Å². The van der Waals surface area contributed by atoms with Crippen LogP contribution in [0.25, 0.3) is 32.7 Å². The summed E-state index contributed by atoms with van der Waals surface area (Å²) in [6.45, 7) is 16.9. The van der Waals surface area contributed by atoms with E-state index in [-0.39, 0.29) is 56.3 Å². The van der Waals surface area contributed by atoms with Gasteiger partial charge in [-0.2, -0.15) is 15.3 Å². The molecule has 3 aromatic carbocycles. The molecule has 0 aliphatic heterocycles. The molecule has 4 N–H and O–H groups in total. The quantitative estimate of drug-likeness (QED) is 0.0752. The second kappa shape index (κ2) is 33.8. The van der Waals surface area contributed by atoms with Crippen LogP contribution < -0.4 is 0 Å². The number of hydrogen-bond donors (Lipinski definition) is 4. The van der Waals surface area contributed by atoms with Crippen molar-refractivity contribution < 1.29 is 43.9 Å². The summed E-state index contributed by atoms with van der Waals surface area (Å²) in [5.74, 6) is 9.85. The highest BCUT2D eigenvalue weighted by atomic mass is 79.9. The number of ether oxygens (including phenoxy) is 3. The highest BCUT2D eigenvalue weighted by Crippen LogP contribution is 2.72. The number of halogens is 4. The number of fused-ring (bicyclic) bond motifs is 18. The number of methoxy groups -OCH3 is 3. The number of benzene rings is 3. The fourth-order valence-corrected chi connectivity index (χ4v) is 29.5. The molecule has 6 aromatic rings. The van der Waals surface area contributed by atoms with Gasteiger partial charge < -0.3 is 29.5 Å². The van der Waals surface area contributed by atoms with Crippen LogP contribution in [-0.2, 0) is 41.7 Å². The summed E-state index contributed by atoms with van der Waals surface area (Å²) in [6, 6.07) is 17.1. The Morgan fingerprint density at radius 2 is 0.857 bits per heavy atom. The molecule has 0 radical (unpaired) electrons. The lowest BCUT2D eigenvalue weighted by Crippen LogP contribution is -2.57. The number of nitrogens with zero attached hydrogens (tertiary/aromatic N) is 5. The molecule has 12 saturated carbocycles. The highest BCUT2D eigenvalue weighted by molar-refractivity contribution is 9.09. The van der Waals surface area contributed by atoms with Crippen molar-refractivity contribution in [2.75, 3.05) is 46.5 Å². The zero-order chi connectivity index (χ0) is 77.0. The molecular weight excluding hydrogens is 1530 g/mol. The van der Waals surface area contributed by atoms with Gasteiger partial charge in [0, 0.05) is 76.5 Å². The highest BCUT2D eigenvalue weighted by Gasteiger charge is 2.66. The van der Waals surface area contributed by atoms with Crippen molar-refractivity contribution in [1.82, 2.24) is 29.8 Å². The maximum absolute atomic E-state index is 13.7. The molecule has 0 unspecified atom stereocenters. The van der Waals surface area contributed by atoms with Crippen molar-refractivity contribution in [1.29, 1.82) is 0 Å². The Bertz CT molecular complexity index is 4290. The average molecular weight is 1670 g/mol. The minimum absolute atomic E-state index is 0. The van der Waals surface area contributed by atoms with E-state index in [1.807, 2.05) is 76.4 Å². The molecule has 18 rings (SSSR count). The van der Waals surface area contributed by atoms with E-state index in [9.17, 15) is 29.7 Å². The van der Waals surface area contributed by atoms with Crippen LogP contribution >= 0.6 is 50.7 Å². The maximum atomic E-state index is 13.7. The molecule has 12 fully saturated rings. The Morgan fingerprint density at radius 1 is 0.464 bits per heavy atom. The van der Waals surface area contributed by atoms with Crippen molar-refractivity contribution >= 4 is 101 Å². The molecule has 3 aromatic heterocycles. The topological polar surface area (TPSA) is 204 Å². The summed E-state index contributed by atoms with van der Waals surface area (Å²) in [4.78, 5) is 40.0. The third-order valence-electron chi connectivity index (χ3n) is 34.1. The number of nitrogens with one attached hydrogen (secondary N) is 1. The van der Waals surface area contributed by atoms with Crippen molar-refractivity contribution in [3.63, 3.8) is 0 Å². The number of alkyl halides is 1. The first-order valence-electron chi connectivity index (χ1n) is 42.1. The van der Waals surface area contributed by atoms with E-state index in [4.69, 9.17) is 49.0 Å². The van der Waals surface area contributed by atoms with Crippen molar-refractivity contribution in [3.05, 3.63) is 88.3 Å². The van der Waals surface area contributed by atoms with Crippen LogP contribution in [0.1, 0.15) is 237 Å². The van der Waals surface area contributed by atoms with Gasteiger partial charge in [-0.1, -0.05) is 115 Å². The zero-order valence-corrected chi connectivity index (χ0v) is 70.3. The fourth-order valence-electron chi connectivity index (χ4n) is 28.6. The smallest absolute Gasteiger partial charge is 0.157 e. The van der Waals surface area contributed by atoms with Crippen molar-refractivity contribution in [2.45, 2.75) is 267 Å². The monoisotopic (exact) mass is 1660 g/mol. The van der Waals surface area contributed by atoms with Gasteiger partial charge >= 0.3 is 0 Å². The Morgan fingerprint density at radius 3 is 1.29 bits per heavy atom. The molecule has 0 bridgehead atoms. The summed E-state index contributed by atoms with van der Waals surface area (Å²) in [7, 11) is 5.11. The van der Waals surface area contributed by atoms with Crippen molar-refractivity contribution in [2.24, 2.45) is 121 Å². The summed E-state index contributed by atoms with van der Waals surface area (Å²) >= 11 is 21.5. The van der Waals surface area contributed by atoms with E-state index in [1.165, 1.54) is 83.5 Å². The number of aliphatic hydroxyl groups is 3. The summed E-state index contributed by atoms with van der Waals surface area (Å²) in [5, 5.41) is 54.7. The molecule has 0 saturated heterocycles. The number of aromatic nitrogens is 6. The molecule has 12 aliphatic carbocycles. The third kappa shape index (κ3) is 15.9. The lowest BCUT2D eigenvalue weighted by atomic mass is 9.44. The largest absolute Gasteiger partial charge is 0.387 e. The van der Waals surface area contributed by atoms with E-state index in [2.05, 4.69) is 77.9 Å². The normalized spacial score (nSPS) is 40.5. The molecule has 24 atom stereocenters. The number of carbonyl (C=O) groups excluding carboxylic acids is 3. The summed E-state index contributed by atoms with van der Waals surface area (Å²) in [6.07, 6.45) is 35.5. The summed E-state index contributed by atoms with van der Waals surface area (Å²) < 4.78 is 19.8. The molecule has 15 nitrogen and oxygen atoms in total. The average Bonchev–Trinajstić information content (AvgIpc) is 1.38. The number of ketones is 3. The van der Waals surface area contributed by atoms with Gasteiger partial charge in [0.05, 0.1) is 77.4 Å². The van der Waals surface area contributed by atoms with E-state index < -0.39 is 16.8 Å². The molecule has 620 valence electrons. The van der Waals surface area contributed by atoms with Crippen LogP contribution in [0.3, 0.4) is 0 Å².